The predicted octanol–water partition coefficient (Wildman–Crippen LogP) is 4.17. The molecule has 0 aromatic heterocycles. The molecular formula is C20H24B2O4. The van der Waals surface area contributed by atoms with Crippen molar-refractivity contribution in [3.8, 4) is 0 Å². The minimum absolute atomic E-state index is 0.167. The first-order valence-corrected chi connectivity index (χ1v) is 9.13. The topological polar surface area (TPSA) is 36.9 Å². The Kier molecular flexibility index (Phi) is 4.48. The van der Waals surface area contributed by atoms with Crippen molar-refractivity contribution in [3.63, 3.8) is 0 Å². The zero-order chi connectivity index (χ0) is 18.4. The molecule has 2 aliphatic heterocycles. The summed E-state index contributed by atoms with van der Waals surface area (Å²) in [7, 11) is -1.13. The fraction of sp³-hybridized carbons (Fsp3) is 0.400. The standard InChI is InChI=1S/C20H24B2O4/c1-19(2)17(15-11-7-5-8-12-15)23-21(25-19)22-24-18(20(3,4)26-22)16-13-9-6-10-14-16/h5-14,17-18H,1-4H3/t17-,18-/m0/s1. The molecule has 26 heavy (non-hydrogen) atoms. The number of hydrogen-bond donors (Lipinski definition) is 0. The van der Waals surface area contributed by atoms with Crippen LogP contribution >= 0.6 is 0 Å². The Balaban J connectivity index is 1.54. The lowest BCUT2D eigenvalue weighted by Crippen LogP contribution is -2.41. The van der Waals surface area contributed by atoms with E-state index in [1.54, 1.807) is 0 Å². The maximum absolute atomic E-state index is 6.25. The van der Waals surface area contributed by atoms with Gasteiger partial charge in [0.25, 0.3) is 0 Å². The van der Waals surface area contributed by atoms with Crippen LogP contribution in [0.15, 0.2) is 60.7 Å². The van der Waals surface area contributed by atoms with Crippen molar-refractivity contribution in [2.24, 2.45) is 0 Å². The molecule has 4 nitrogen and oxygen atoms in total. The molecule has 2 aliphatic rings. The van der Waals surface area contributed by atoms with Crippen LogP contribution in [0.5, 0.6) is 0 Å². The second-order valence-corrected chi connectivity index (χ2v) is 8.03. The molecule has 0 N–H and O–H groups in total. The molecule has 4 rings (SSSR count). The molecular weight excluding hydrogens is 326 g/mol. The zero-order valence-electron chi connectivity index (χ0n) is 15.7. The molecule has 0 saturated carbocycles. The first-order valence-electron chi connectivity index (χ1n) is 9.13. The highest BCUT2D eigenvalue weighted by Gasteiger charge is 2.59. The molecule has 2 saturated heterocycles. The van der Waals surface area contributed by atoms with Crippen LogP contribution in [0.3, 0.4) is 0 Å². The molecule has 6 heteroatoms. The summed E-state index contributed by atoms with van der Waals surface area (Å²) in [4.78, 5) is 0. The molecule has 0 unspecified atom stereocenters. The summed E-state index contributed by atoms with van der Waals surface area (Å²) in [5.74, 6) is 0. The van der Waals surface area contributed by atoms with Crippen molar-refractivity contribution in [1.82, 2.24) is 0 Å². The first kappa shape index (κ1) is 17.8. The normalized spacial score (nSPS) is 27.1. The smallest absolute Gasteiger partial charge is 0.405 e. The third-order valence-corrected chi connectivity index (χ3v) is 5.07. The average molecular weight is 350 g/mol. The highest BCUT2D eigenvalue weighted by atomic mass is 16.7. The van der Waals surface area contributed by atoms with Crippen LogP contribution in [-0.2, 0) is 18.6 Å². The van der Waals surface area contributed by atoms with Gasteiger partial charge in [0.05, 0.1) is 23.4 Å². The van der Waals surface area contributed by atoms with Gasteiger partial charge in [-0.25, -0.2) is 0 Å². The third kappa shape index (κ3) is 3.23. The fourth-order valence-electron chi connectivity index (χ4n) is 3.83. The second-order valence-electron chi connectivity index (χ2n) is 8.03. The van der Waals surface area contributed by atoms with Crippen molar-refractivity contribution in [3.05, 3.63) is 71.8 Å². The summed E-state index contributed by atoms with van der Waals surface area (Å²) < 4.78 is 24.9. The lowest BCUT2D eigenvalue weighted by molar-refractivity contribution is 0.0716. The lowest BCUT2D eigenvalue weighted by Gasteiger charge is -2.25. The zero-order valence-corrected chi connectivity index (χ0v) is 15.7. The van der Waals surface area contributed by atoms with Crippen LogP contribution in [0, 0.1) is 0 Å². The van der Waals surface area contributed by atoms with E-state index in [-0.39, 0.29) is 12.2 Å². The molecule has 0 aliphatic carbocycles. The SMILES string of the molecule is CC1(C)OB(B2O[C@@H](c3ccccc3)C(C)(C)O2)O[C@H]1c1ccccc1. The fourth-order valence-corrected chi connectivity index (χ4v) is 3.83. The minimum atomic E-state index is -0.566. The molecule has 2 aromatic carbocycles. The van der Waals surface area contributed by atoms with Gasteiger partial charge in [0.15, 0.2) is 0 Å². The highest BCUT2D eigenvalue weighted by Crippen LogP contribution is 2.45. The predicted molar refractivity (Wildman–Crippen MR) is 102 cm³/mol. The van der Waals surface area contributed by atoms with Gasteiger partial charge in [0, 0.05) is 0 Å². The number of rotatable bonds is 3. The molecule has 2 heterocycles. The summed E-state index contributed by atoms with van der Waals surface area (Å²) in [5.41, 5.74) is 1.26. The minimum Gasteiger partial charge on any atom is -0.405 e. The summed E-state index contributed by atoms with van der Waals surface area (Å²) in [6.45, 7) is 8.16. The molecule has 0 radical (unpaired) electrons. The van der Waals surface area contributed by atoms with E-state index in [0.717, 1.165) is 11.1 Å². The highest BCUT2D eigenvalue weighted by molar-refractivity contribution is 7.11. The molecule has 2 fully saturated rings. The quantitative estimate of drug-likeness (QED) is 0.779. The van der Waals surface area contributed by atoms with E-state index in [1.807, 2.05) is 64.1 Å². The van der Waals surface area contributed by atoms with Gasteiger partial charge >= 0.3 is 14.0 Å². The van der Waals surface area contributed by atoms with Gasteiger partial charge in [-0.05, 0) is 38.8 Å². The van der Waals surface area contributed by atoms with Crippen LogP contribution in [0.1, 0.15) is 51.0 Å². The Morgan fingerprint density at radius 3 is 1.31 bits per heavy atom. The summed E-state index contributed by atoms with van der Waals surface area (Å²) in [6.07, 6.45) is -0.334. The molecule has 0 spiro atoms. The van der Waals surface area contributed by atoms with Crippen LogP contribution in [0.2, 0.25) is 0 Å². The van der Waals surface area contributed by atoms with Crippen molar-refractivity contribution in [1.29, 1.82) is 0 Å². The Bertz CT molecular complexity index is 685. The third-order valence-electron chi connectivity index (χ3n) is 5.07. The van der Waals surface area contributed by atoms with Gasteiger partial charge in [-0.15, -0.1) is 0 Å². The van der Waals surface area contributed by atoms with E-state index < -0.39 is 25.2 Å². The first-order chi connectivity index (χ1) is 12.4. The van der Waals surface area contributed by atoms with Crippen LogP contribution in [0.25, 0.3) is 0 Å². The van der Waals surface area contributed by atoms with Crippen LogP contribution in [-0.4, -0.2) is 25.2 Å². The van der Waals surface area contributed by atoms with Crippen molar-refractivity contribution in [2.75, 3.05) is 0 Å². The van der Waals surface area contributed by atoms with Crippen LogP contribution < -0.4 is 0 Å². The molecule has 2 aromatic rings. The Morgan fingerprint density at radius 1 is 0.615 bits per heavy atom. The van der Waals surface area contributed by atoms with Gasteiger partial charge in [-0.2, -0.15) is 0 Å². The Hall–Kier alpha value is -1.59. The van der Waals surface area contributed by atoms with Crippen molar-refractivity contribution in [2.45, 2.75) is 51.1 Å². The number of benzene rings is 2. The van der Waals surface area contributed by atoms with E-state index in [0.29, 0.717) is 0 Å². The van der Waals surface area contributed by atoms with E-state index >= 15 is 0 Å². The van der Waals surface area contributed by atoms with Crippen molar-refractivity contribution >= 4 is 14.0 Å². The van der Waals surface area contributed by atoms with E-state index in [4.69, 9.17) is 18.6 Å². The molecule has 134 valence electrons. The second kappa shape index (κ2) is 6.54. The van der Waals surface area contributed by atoms with Gasteiger partial charge < -0.3 is 18.6 Å². The molecule has 0 amide bonds. The summed E-state index contributed by atoms with van der Waals surface area (Å²) in [6, 6.07) is 20.3. The van der Waals surface area contributed by atoms with Crippen molar-refractivity contribution < 1.29 is 18.6 Å². The molecule has 0 bridgehead atoms. The van der Waals surface area contributed by atoms with Gasteiger partial charge in [0.1, 0.15) is 0 Å². The summed E-state index contributed by atoms with van der Waals surface area (Å²) >= 11 is 0. The van der Waals surface area contributed by atoms with E-state index in [1.165, 1.54) is 0 Å². The maximum atomic E-state index is 6.25. The van der Waals surface area contributed by atoms with E-state index in [2.05, 4.69) is 24.3 Å². The van der Waals surface area contributed by atoms with Gasteiger partial charge in [-0.3, -0.25) is 0 Å². The molecule has 2 atom stereocenters. The van der Waals surface area contributed by atoms with Gasteiger partial charge in [-0.1, -0.05) is 60.7 Å². The van der Waals surface area contributed by atoms with Crippen LogP contribution in [0.4, 0.5) is 0 Å². The Labute approximate surface area is 156 Å². The van der Waals surface area contributed by atoms with E-state index in [9.17, 15) is 0 Å². The average Bonchev–Trinajstić information content (AvgIpc) is 3.12. The largest absolute Gasteiger partial charge is 0.489 e. The number of hydrogen-bond acceptors (Lipinski definition) is 4. The maximum Gasteiger partial charge on any atom is 0.489 e. The summed E-state index contributed by atoms with van der Waals surface area (Å²) in [5, 5.41) is 0. The monoisotopic (exact) mass is 350 g/mol. The lowest BCUT2D eigenvalue weighted by atomic mass is 9.49. The van der Waals surface area contributed by atoms with Gasteiger partial charge in [0.2, 0.25) is 0 Å². The Morgan fingerprint density at radius 2 is 0.962 bits per heavy atom.